The average molecular weight is 362 g/mol. The van der Waals surface area contributed by atoms with Gasteiger partial charge in [0.2, 0.25) is 0 Å². The van der Waals surface area contributed by atoms with Gasteiger partial charge in [-0.05, 0) is 57.6 Å². The van der Waals surface area contributed by atoms with Crippen molar-refractivity contribution in [2.75, 3.05) is 13.2 Å². The van der Waals surface area contributed by atoms with E-state index in [0.717, 1.165) is 5.56 Å². The van der Waals surface area contributed by atoms with E-state index in [0.29, 0.717) is 41.1 Å². The van der Waals surface area contributed by atoms with Crippen LogP contribution in [0.1, 0.15) is 39.3 Å². The van der Waals surface area contributed by atoms with Gasteiger partial charge in [-0.3, -0.25) is 0 Å². The summed E-state index contributed by atoms with van der Waals surface area (Å²) in [5, 5.41) is 6.62. The zero-order valence-electron chi connectivity index (χ0n) is 14.8. The van der Waals surface area contributed by atoms with Gasteiger partial charge in [0.15, 0.2) is 16.6 Å². The Morgan fingerprint density at radius 1 is 1.24 bits per heavy atom. The Labute approximate surface area is 152 Å². The molecule has 0 unspecified atom stereocenters. The first-order valence-electron chi connectivity index (χ1n) is 8.16. The summed E-state index contributed by atoms with van der Waals surface area (Å²) < 4.78 is 16.8. The number of nitrogens with one attached hydrogen (secondary N) is 2. The molecule has 0 radical (unpaired) electrons. The first kappa shape index (κ1) is 17.5. The number of rotatable bonds is 2. The molecule has 0 fully saturated rings. The van der Waals surface area contributed by atoms with Gasteiger partial charge in [0, 0.05) is 5.70 Å². The summed E-state index contributed by atoms with van der Waals surface area (Å²) in [6.45, 7) is 8.38. The lowest BCUT2D eigenvalue weighted by molar-refractivity contribution is -0.150. The van der Waals surface area contributed by atoms with Crippen molar-refractivity contribution < 1.29 is 19.0 Å². The number of hydrogen-bond acceptors (Lipinski definition) is 5. The molecule has 3 rings (SSSR count). The number of ether oxygens (including phenoxy) is 3. The second-order valence-corrected chi connectivity index (χ2v) is 7.38. The highest BCUT2D eigenvalue weighted by molar-refractivity contribution is 7.80. The van der Waals surface area contributed by atoms with Crippen LogP contribution in [0.5, 0.6) is 11.5 Å². The van der Waals surface area contributed by atoms with E-state index in [9.17, 15) is 4.79 Å². The summed E-state index contributed by atoms with van der Waals surface area (Å²) in [5.41, 5.74) is 1.45. The standard InChI is InChI=1S/C18H22N2O4S/c1-10-14(16(21)24-18(2,3)4)15(20-17(25)19-10)11-5-6-12-13(9-11)23-8-7-22-12/h5-6,9,15H,7-8H2,1-4H3,(H2,19,20,25)/t15-/m0/s1. The number of hydrogen-bond donors (Lipinski definition) is 2. The quantitative estimate of drug-likeness (QED) is 0.619. The van der Waals surface area contributed by atoms with Crippen LogP contribution in [0.25, 0.3) is 0 Å². The minimum atomic E-state index is -0.584. The normalized spacial score (nSPS) is 19.8. The van der Waals surface area contributed by atoms with Crippen molar-refractivity contribution >= 4 is 23.3 Å². The number of fused-ring (bicyclic) bond motifs is 1. The van der Waals surface area contributed by atoms with Crippen LogP contribution in [0.3, 0.4) is 0 Å². The van der Waals surface area contributed by atoms with Gasteiger partial charge in [-0.2, -0.15) is 0 Å². The van der Waals surface area contributed by atoms with Gasteiger partial charge in [-0.1, -0.05) is 6.07 Å². The van der Waals surface area contributed by atoms with E-state index >= 15 is 0 Å². The Bertz CT molecular complexity index is 752. The Balaban J connectivity index is 1.98. The summed E-state index contributed by atoms with van der Waals surface area (Å²) in [6, 6.07) is 5.20. The minimum absolute atomic E-state index is 0.382. The summed E-state index contributed by atoms with van der Waals surface area (Å²) in [7, 11) is 0. The van der Waals surface area contributed by atoms with Crippen LogP contribution in [0.2, 0.25) is 0 Å². The highest BCUT2D eigenvalue weighted by Crippen LogP contribution is 2.36. The maximum absolute atomic E-state index is 12.7. The lowest BCUT2D eigenvalue weighted by atomic mass is 9.95. The molecule has 2 heterocycles. The predicted octanol–water partition coefficient (Wildman–Crippen LogP) is 2.59. The maximum Gasteiger partial charge on any atom is 0.338 e. The van der Waals surface area contributed by atoms with Gasteiger partial charge in [-0.15, -0.1) is 0 Å². The fourth-order valence-corrected chi connectivity index (χ4v) is 3.06. The first-order valence-corrected chi connectivity index (χ1v) is 8.56. The first-order chi connectivity index (χ1) is 11.7. The van der Waals surface area contributed by atoms with Gasteiger partial charge in [0.1, 0.15) is 18.8 Å². The molecular weight excluding hydrogens is 340 g/mol. The number of benzene rings is 1. The zero-order chi connectivity index (χ0) is 18.2. The van der Waals surface area contributed by atoms with Gasteiger partial charge >= 0.3 is 5.97 Å². The van der Waals surface area contributed by atoms with E-state index in [-0.39, 0.29) is 5.97 Å². The van der Waals surface area contributed by atoms with Crippen molar-refractivity contribution in [2.24, 2.45) is 0 Å². The highest BCUT2D eigenvalue weighted by atomic mass is 32.1. The molecule has 0 aliphatic carbocycles. The average Bonchev–Trinajstić information content (AvgIpc) is 2.51. The van der Waals surface area contributed by atoms with E-state index < -0.39 is 11.6 Å². The van der Waals surface area contributed by atoms with Gasteiger partial charge in [-0.25, -0.2) is 4.79 Å². The number of thiocarbonyl (C=S) groups is 1. The van der Waals surface area contributed by atoms with E-state index in [2.05, 4.69) is 10.6 Å². The van der Waals surface area contributed by atoms with Crippen LogP contribution < -0.4 is 20.1 Å². The molecule has 1 aromatic carbocycles. The molecule has 134 valence electrons. The van der Waals surface area contributed by atoms with Crippen molar-refractivity contribution in [1.29, 1.82) is 0 Å². The minimum Gasteiger partial charge on any atom is -0.486 e. The van der Waals surface area contributed by atoms with E-state index in [1.807, 2.05) is 45.9 Å². The predicted molar refractivity (Wildman–Crippen MR) is 97.6 cm³/mol. The third-order valence-corrected chi connectivity index (χ3v) is 4.01. The van der Waals surface area contributed by atoms with Crippen molar-refractivity contribution in [3.63, 3.8) is 0 Å². The van der Waals surface area contributed by atoms with Crippen molar-refractivity contribution in [1.82, 2.24) is 10.6 Å². The molecule has 0 spiro atoms. The summed E-state index contributed by atoms with van der Waals surface area (Å²) in [5.74, 6) is 0.981. The number of carbonyl (C=O) groups excluding carboxylic acids is 1. The number of carbonyl (C=O) groups is 1. The topological polar surface area (TPSA) is 68.8 Å². The van der Waals surface area contributed by atoms with Crippen LogP contribution in [0.15, 0.2) is 29.5 Å². The second kappa shape index (κ2) is 6.55. The molecule has 0 saturated heterocycles. The molecule has 1 aromatic rings. The molecule has 6 nitrogen and oxygen atoms in total. The summed E-state index contributed by atoms with van der Waals surface area (Å²) >= 11 is 5.27. The van der Waals surface area contributed by atoms with Crippen LogP contribution in [-0.4, -0.2) is 29.9 Å². The van der Waals surface area contributed by atoms with Crippen molar-refractivity contribution in [3.8, 4) is 11.5 Å². The third-order valence-electron chi connectivity index (χ3n) is 3.79. The lowest BCUT2D eigenvalue weighted by Crippen LogP contribution is -2.45. The second-order valence-electron chi connectivity index (χ2n) is 6.98. The smallest absolute Gasteiger partial charge is 0.338 e. The fourth-order valence-electron chi connectivity index (χ4n) is 2.79. The van der Waals surface area contributed by atoms with Gasteiger partial charge in [0.25, 0.3) is 0 Å². The SMILES string of the molecule is CC1=C(C(=O)OC(C)(C)C)[C@H](c2ccc3c(c2)OCCO3)NC(=S)N1. The van der Waals surface area contributed by atoms with Crippen LogP contribution >= 0.6 is 12.2 Å². The molecule has 0 aromatic heterocycles. The molecule has 2 N–H and O–H groups in total. The Hall–Kier alpha value is -2.28. The monoisotopic (exact) mass is 362 g/mol. The van der Waals surface area contributed by atoms with Crippen LogP contribution in [-0.2, 0) is 9.53 Å². The summed E-state index contributed by atoms with van der Waals surface area (Å²) in [6.07, 6.45) is 0. The zero-order valence-corrected chi connectivity index (χ0v) is 15.6. The lowest BCUT2D eigenvalue weighted by Gasteiger charge is -2.32. The van der Waals surface area contributed by atoms with Crippen LogP contribution in [0, 0.1) is 0 Å². The van der Waals surface area contributed by atoms with Gasteiger partial charge < -0.3 is 24.8 Å². The summed E-state index contributed by atoms with van der Waals surface area (Å²) in [4.78, 5) is 12.7. The highest BCUT2D eigenvalue weighted by Gasteiger charge is 2.33. The fraction of sp³-hybridized carbons (Fsp3) is 0.444. The maximum atomic E-state index is 12.7. The number of allylic oxidation sites excluding steroid dienone is 1. The van der Waals surface area contributed by atoms with Crippen molar-refractivity contribution in [3.05, 3.63) is 35.0 Å². The van der Waals surface area contributed by atoms with Gasteiger partial charge in [0.05, 0.1) is 11.6 Å². The van der Waals surface area contributed by atoms with Crippen LogP contribution in [0.4, 0.5) is 0 Å². The molecule has 0 bridgehead atoms. The van der Waals surface area contributed by atoms with E-state index in [4.69, 9.17) is 26.4 Å². The van der Waals surface area contributed by atoms with Crippen molar-refractivity contribution in [2.45, 2.75) is 39.3 Å². The largest absolute Gasteiger partial charge is 0.486 e. The molecular formula is C18H22N2O4S. The molecule has 0 saturated carbocycles. The molecule has 2 aliphatic heterocycles. The van der Waals surface area contributed by atoms with E-state index in [1.165, 1.54) is 0 Å². The molecule has 1 atom stereocenters. The number of esters is 1. The third kappa shape index (κ3) is 3.87. The molecule has 7 heteroatoms. The Kier molecular flexibility index (Phi) is 4.60. The molecule has 2 aliphatic rings. The molecule has 0 amide bonds. The Morgan fingerprint density at radius 3 is 2.60 bits per heavy atom. The molecule has 25 heavy (non-hydrogen) atoms. The Morgan fingerprint density at radius 2 is 1.92 bits per heavy atom. The van der Waals surface area contributed by atoms with E-state index in [1.54, 1.807) is 0 Å².